The predicted octanol–water partition coefficient (Wildman–Crippen LogP) is 2.16. The van der Waals surface area contributed by atoms with Gasteiger partial charge >= 0.3 is 0 Å². The quantitative estimate of drug-likeness (QED) is 0.799. The number of hydrogen-bond acceptors (Lipinski definition) is 3. The van der Waals surface area contributed by atoms with Crippen LogP contribution in [-0.4, -0.2) is 15.5 Å². The second kappa shape index (κ2) is 6.62. The number of nitrogens with zero attached hydrogens (tertiary/aromatic N) is 2. The minimum absolute atomic E-state index is 0.134. The summed E-state index contributed by atoms with van der Waals surface area (Å²) in [5.74, 6) is -0.646. The third kappa shape index (κ3) is 3.32. The van der Waals surface area contributed by atoms with E-state index in [1.165, 1.54) is 17.0 Å². The van der Waals surface area contributed by atoms with Crippen LogP contribution in [0, 0.1) is 12.7 Å². The molecule has 6 heteroatoms. The van der Waals surface area contributed by atoms with Crippen LogP contribution in [0.4, 0.5) is 4.39 Å². The monoisotopic (exact) mass is 325 g/mol. The van der Waals surface area contributed by atoms with Crippen LogP contribution in [0.1, 0.15) is 11.1 Å². The lowest BCUT2D eigenvalue weighted by atomic mass is 10.1. The smallest absolute Gasteiger partial charge is 0.261 e. The van der Waals surface area contributed by atoms with Crippen LogP contribution in [0.25, 0.3) is 10.9 Å². The van der Waals surface area contributed by atoms with Crippen LogP contribution in [0.5, 0.6) is 0 Å². The summed E-state index contributed by atoms with van der Waals surface area (Å²) in [5.41, 5.74) is 1.54. The van der Waals surface area contributed by atoms with Gasteiger partial charge in [0.25, 0.3) is 5.56 Å². The molecule has 0 radical (unpaired) electrons. The van der Waals surface area contributed by atoms with Gasteiger partial charge in [-0.2, -0.15) is 0 Å². The molecule has 0 aliphatic heterocycles. The molecule has 0 unspecified atom stereocenters. The predicted molar refractivity (Wildman–Crippen MR) is 89.0 cm³/mol. The fourth-order valence-electron chi connectivity index (χ4n) is 2.38. The molecule has 0 spiro atoms. The van der Waals surface area contributed by atoms with Crippen molar-refractivity contribution in [1.82, 2.24) is 14.9 Å². The molecular weight excluding hydrogens is 309 g/mol. The number of carbonyl (C=O) groups is 1. The highest BCUT2D eigenvalue weighted by Gasteiger charge is 2.08. The third-order valence-electron chi connectivity index (χ3n) is 3.77. The molecular formula is C18H16FN3O2. The van der Waals surface area contributed by atoms with Crippen LogP contribution >= 0.6 is 0 Å². The Morgan fingerprint density at radius 3 is 2.83 bits per heavy atom. The maximum atomic E-state index is 13.5. The van der Waals surface area contributed by atoms with E-state index in [-0.39, 0.29) is 30.4 Å². The molecule has 1 amide bonds. The summed E-state index contributed by atoms with van der Waals surface area (Å²) in [5, 5.41) is 3.14. The first-order valence-corrected chi connectivity index (χ1v) is 7.50. The van der Waals surface area contributed by atoms with E-state index >= 15 is 0 Å². The largest absolute Gasteiger partial charge is 0.350 e. The number of amides is 1. The SMILES string of the molecule is Cc1ccc(CNC(=O)Cn2cnc3ccccc3c2=O)cc1F. The summed E-state index contributed by atoms with van der Waals surface area (Å²) in [6, 6.07) is 11.8. The lowest BCUT2D eigenvalue weighted by Crippen LogP contribution is -2.32. The molecule has 1 heterocycles. The highest BCUT2D eigenvalue weighted by atomic mass is 19.1. The number of nitrogens with one attached hydrogen (secondary N) is 1. The van der Waals surface area contributed by atoms with E-state index in [0.717, 1.165) is 0 Å². The van der Waals surface area contributed by atoms with Gasteiger partial charge in [0.05, 0.1) is 17.2 Å². The van der Waals surface area contributed by atoms with E-state index < -0.39 is 0 Å². The maximum Gasteiger partial charge on any atom is 0.261 e. The summed E-state index contributed by atoms with van der Waals surface area (Å²) in [6.45, 7) is 1.74. The van der Waals surface area contributed by atoms with Crippen LogP contribution in [-0.2, 0) is 17.9 Å². The summed E-state index contributed by atoms with van der Waals surface area (Å²) >= 11 is 0. The van der Waals surface area contributed by atoms with Gasteiger partial charge in [-0.05, 0) is 36.2 Å². The Bertz CT molecular complexity index is 966. The molecule has 5 nitrogen and oxygen atoms in total. The topological polar surface area (TPSA) is 64.0 Å². The van der Waals surface area contributed by atoms with Gasteiger partial charge in [0.1, 0.15) is 12.4 Å². The molecule has 2 aromatic carbocycles. The molecule has 0 aliphatic rings. The summed E-state index contributed by atoms with van der Waals surface area (Å²) < 4.78 is 14.7. The van der Waals surface area contributed by atoms with Crippen molar-refractivity contribution >= 4 is 16.8 Å². The Kier molecular flexibility index (Phi) is 4.37. The van der Waals surface area contributed by atoms with Crippen LogP contribution < -0.4 is 10.9 Å². The standard InChI is InChI=1S/C18H16FN3O2/c1-12-6-7-13(8-15(12)19)9-20-17(23)10-22-11-21-16-5-3-2-4-14(16)18(22)24/h2-8,11H,9-10H2,1H3,(H,20,23). The van der Waals surface area contributed by atoms with E-state index in [1.807, 2.05) is 0 Å². The molecule has 0 aliphatic carbocycles. The van der Waals surface area contributed by atoms with Gasteiger partial charge in [-0.3, -0.25) is 14.2 Å². The molecule has 0 bridgehead atoms. The second-order valence-electron chi connectivity index (χ2n) is 5.56. The van der Waals surface area contributed by atoms with Gasteiger partial charge in [0.2, 0.25) is 5.91 Å². The van der Waals surface area contributed by atoms with Crippen molar-refractivity contribution in [2.24, 2.45) is 0 Å². The van der Waals surface area contributed by atoms with E-state index in [9.17, 15) is 14.0 Å². The molecule has 1 N–H and O–H groups in total. The van der Waals surface area contributed by atoms with Crippen molar-refractivity contribution in [2.75, 3.05) is 0 Å². The zero-order valence-electron chi connectivity index (χ0n) is 13.1. The Balaban J connectivity index is 1.70. The summed E-state index contributed by atoms with van der Waals surface area (Å²) in [4.78, 5) is 28.5. The fourth-order valence-corrected chi connectivity index (χ4v) is 2.38. The Labute approximate surface area is 137 Å². The van der Waals surface area contributed by atoms with Crippen molar-refractivity contribution in [3.8, 4) is 0 Å². The molecule has 0 fully saturated rings. The lowest BCUT2D eigenvalue weighted by Gasteiger charge is -2.08. The minimum Gasteiger partial charge on any atom is -0.350 e. The third-order valence-corrected chi connectivity index (χ3v) is 3.77. The molecule has 0 atom stereocenters. The molecule has 0 saturated heterocycles. The molecule has 122 valence electrons. The Morgan fingerprint density at radius 2 is 2.04 bits per heavy atom. The van der Waals surface area contributed by atoms with Crippen molar-refractivity contribution in [3.63, 3.8) is 0 Å². The second-order valence-corrected chi connectivity index (χ2v) is 5.56. The first-order chi connectivity index (χ1) is 11.5. The number of hydrogen-bond donors (Lipinski definition) is 1. The number of aromatic nitrogens is 2. The molecule has 3 rings (SSSR count). The Morgan fingerprint density at radius 1 is 1.25 bits per heavy atom. The summed E-state index contributed by atoms with van der Waals surface area (Å²) in [7, 11) is 0. The van der Waals surface area contributed by atoms with Crippen molar-refractivity contribution < 1.29 is 9.18 Å². The minimum atomic E-state index is -0.338. The molecule has 3 aromatic rings. The van der Waals surface area contributed by atoms with Gasteiger partial charge in [-0.25, -0.2) is 9.37 Å². The van der Waals surface area contributed by atoms with Crippen LogP contribution in [0.2, 0.25) is 0 Å². The van der Waals surface area contributed by atoms with Crippen LogP contribution in [0.3, 0.4) is 0 Å². The zero-order valence-corrected chi connectivity index (χ0v) is 13.1. The first-order valence-electron chi connectivity index (χ1n) is 7.50. The van der Waals surface area contributed by atoms with Crippen molar-refractivity contribution in [1.29, 1.82) is 0 Å². The van der Waals surface area contributed by atoms with Gasteiger partial charge < -0.3 is 5.32 Å². The average Bonchev–Trinajstić information content (AvgIpc) is 2.59. The Hall–Kier alpha value is -3.02. The number of fused-ring (bicyclic) bond motifs is 1. The highest BCUT2D eigenvalue weighted by Crippen LogP contribution is 2.09. The molecule has 24 heavy (non-hydrogen) atoms. The zero-order chi connectivity index (χ0) is 17.1. The lowest BCUT2D eigenvalue weighted by molar-refractivity contribution is -0.121. The van der Waals surface area contributed by atoms with E-state index in [4.69, 9.17) is 0 Å². The van der Waals surface area contributed by atoms with Gasteiger partial charge in [-0.15, -0.1) is 0 Å². The maximum absolute atomic E-state index is 13.5. The van der Waals surface area contributed by atoms with E-state index in [2.05, 4.69) is 10.3 Å². The van der Waals surface area contributed by atoms with Crippen molar-refractivity contribution in [2.45, 2.75) is 20.0 Å². The van der Waals surface area contributed by atoms with E-state index in [1.54, 1.807) is 43.3 Å². The number of para-hydroxylation sites is 1. The number of aryl methyl sites for hydroxylation is 1. The average molecular weight is 325 g/mol. The fraction of sp³-hybridized carbons (Fsp3) is 0.167. The van der Waals surface area contributed by atoms with Crippen molar-refractivity contribution in [3.05, 3.63) is 76.1 Å². The van der Waals surface area contributed by atoms with Gasteiger partial charge in [-0.1, -0.05) is 24.3 Å². The summed E-state index contributed by atoms with van der Waals surface area (Å²) in [6.07, 6.45) is 1.36. The van der Waals surface area contributed by atoms with Gasteiger partial charge in [0, 0.05) is 6.54 Å². The van der Waals surface area contributed by atoms with Gasteiger partial charge in [0.15, 0.2) is 0 Å². The number of benzene rings is 2. The van der Waals surface area contributed by atoms with E-state index in [0.29, 0.717) is 22.0 Å². The highest BCUT2D eigenvalue weighted by molar-refractivity contribution is 5.78. The molecule has 1 aromatic heterocycles. The normalized spacial score (nSPS) is 10.8. The van der Waals surface area contributed by atoms with Crippen LogP contribution in [0.15, 0.2) is 53.6 Å². The number of rotatable bonds is 4. The first kappa shape index (κ1) is 15.9. The number of carbonyl (C=O) groups excluding carboxylic acids is 1. The number of halogens is 1. The molecule has 0 saturated carbocycles.